The number of rotatable bonds is 7. The number of carbonyl (C=O) groups is 1. The molecule has 0 spiro atoms. The highest BCUT2D eigenvalue weighted by molar-refractivity contribution is 5.91. The Bertz CT molecular complexity index is 816. The molecule has 1 aliphatic heterocycles. The Labute approximate surface area is 145 Å². The van der Waals surface area contributed by atoms with Crippen molar-refractivity contribution < 1.29 is 9.53 Å². The van der Waals surface area contributed by atoms with Crippen molar-refractivity contribution in [2.45, 2.75) is 19.3 Å². The number of nitrogens with one attached hydrogen (secondary N) is 2. The average molecular weight is 343 g/mol. The number of carbonyl (C=O) groups excluding carboxylic acids is 1. The van der Waals surface area contributed by atoms with Gasteiger partial charge in [0.15, 0.2) is 0 Å². The van der Waals surface area contributed by atoms with E-state index in [1.54, 1.807) is 31.4 Å². The average Bonchev–Trinajstić information content (AvgIpc) is 3.14. The van der Waals surface area contributed by atoms with Crippen molar-refractivity contribution in [3.63, 3.8) is 0 Å². The molecule has 0 saturated carbocycles. The molecule has 132 valence electrons. The lowest BCUT2D eigenvalue weighted by Gasteiger charge is -2.22. The molecule has 3 rings (SSSR count). The highest BCUT2D eigenvalue weighted by Crippen LogP contribution is 2.24. The van der Waals surface area contributed by atoms with Crippen LogP contribution in [0, 0.1) is 0 Å². The molecule has 0 unspecified atom stereocenters. The van der Waals surface area contributed by atoms with Crippen LogP contribution >= 0.6 is 0 Å². The van der Waals surface area contributed by atoms with Gasteiger partial charge in [0.05, 0.1) is 7.11 Å². The Morgan fingerprint density at radius 1 is 1.12 bits per heavy atom. The molecule has 1 heterocycles. The summed E-state index contributed by atoms with van der Waals surface area (Å²) in [7, 11) is 1.58. The van der Waals surface area contributed by atoms with Crippen molar-refractivity contribution >= 4 is 23.0 Å². The third-order valence-electron chi connectivity index (χ3n) is 4.34. The molecule has 2 aromatic carbocycles. The topological polar surface area (TPSA) is 87.7 Å². The summed E-state index contributed by atoms with van der Waals surface area (Å²) in [5, 5.41) is 5.72. The molecule has 2 N–H and O–H groups in total. The third-order valence-corrected chi connectivity index (χ3v) is 4.34. The Hall–Kier alpha value is -2.83. The first kappa shape index (κ1) is 17.0. The lowest BCUT2D eigenvalue weighted by Crippen LogP contribution is -2.42. The van der Waals surface area contributed by atoms with Gasteiger partial charge in [-0.15, -0.1) is 0 Å². The standard InChI is InChI=1S/C18H21N3O4/c1-25-13-6-4-12(5-7-13)20-14(22)8-9-19-15-16(18(24)17(15)23)21-10-2-3-11-21/h4-7,19H,2-3,8-11H2,1H3,(H,20,22). The van der Waals surface area contributed by atoms with Crippen LogP contribution in [0.15, 0.2) is 33.9 Å². The normalized spacial score (nSPS) is 13.9. The fourth-order valence-electron chi connectivity index (χ4n) is 2.98. The number of ether oxygens (including phenoxy) is 1. The molecule has 0 aliphatic carbocycles. The van der Waals surface area contributed by atoms with Gasteiger partial charge in [-0.3, -0.25) is 14.4 Å². The zero-order valence-electron chi connectivity index (χ0n) is 14.1. The van der Waals surface area contributed by atoms with Crippen LogP contribution in [-0.2, 0) is 4.79 Å². The smallest absolute Gasteiger partial charge is 0.253 e. The largest absolute Gasteiger partial charge is 0.497 e. The molecule has 1 aliphatic rings. The van der Waals surface area contributed by atoms with E-state index >= 15 is 0 Å². The van der Waals surface area contributed by atoms with E-state index in [2.05, 4.69) is 10.6 Å². The first-order valence-electron chi connectivity index (χ1n) is 8.36. The molecule has 1 saturated heterocycles. The van der Waals surface area contributed by atoms with Gasteiger partial charge in [0.1, 0.15) is 17.1 Å². The molecular weight excluding hydrogens is 322 g/mol. The number of hydrogen-bond acceptors (Lipinski definition) is 6. The minimum Gasteiger partial charge on any atom is -0.497 e. The maximum absolute atomic E-state index is 12.0. The van der Waals surface area contributed by atoms with Gasteiger partial charge in [0.25, 0.3) is 10.9 Å². The maximum atomic E-state index is 12.0. The summed E-state index contributed by atoms with van der Waals surface area (Å²) >= 11 is 0. The fraction of sp³-hybridized carbons (Fsp3) is 0.389. The van der Waals surface area contributed by atoms with E-state index in [9.17, 15) is 14.4 Å². The lowest BCUT2D eigenvalue weighted by molar-refractivity contribution is -0.115. The zero-order valence-corrected chi connectivity index (χ0v) is 14.1. The van der Waals surface area contributed by atoms with Crippen LogP contribution in [0.5, 0.6) is 5.75 Å². The Balaban J connectivity index is 1.51. The number of amides is 1. The number of methoxy groups -OCH3 is 1. The Morgan fingerprint density at radius 2 is 1.80 bits per heavy atom. The second-order valence-electron chi connectivity index (χ2n) is 6.03. The van der Waals surface area contributed by atoms with Crippen molar-refractivity contribution in [3.8, 4) is 5.75 Å². The summed E-state index contributed by atoms with van der Waals surface area (Å²) in [4.78, 5) is 37.4. The first-order chi connectivity index (χ1) is 12.1. The van der Waals surface area contributed by atoms with Crippen molar-refractivity contribution in [3.05, 3.63) is 44.7 Å². The predicted octanol–water partition coefficient (Wildman–Crippen LogP) is 1.33. The van der Waals surface area contributed by atoms with E-state index in [0.29, 0.717) is 29.4 Å². The van der Waals surface area contributed by atoms with E-state index in [0.717, 1.165) is 25.9 Å². The molecule has 25 heavy (non-hydrogen) atoms. The minimum atomic E-state index is -0.488. The van der Waals surface area contributed by atoms with Gasteiger partial charge in [-0.1, -0.05) is 0 Å². The maximum Gasteiger partial charge on any atom is 0.253 e. The van der Waals surface area contributed by atoms with Crippen molar-refractivity contribution in [2.24, 2.45) is 0 Å². The van der Waals surface area contributed by atoms with Crippen molar-refractivity contribution in [1.29, 1.82) is 0 Å². The Kier molecular flexibility index (Phi) is 5.02. The minimum absolute atomic E-state index is 0.168. The highest BCUT2D eigenvalue weighted by atomic mass is 16.5. The fourth-order valence-corrected chi connectivity index (χ4v) is 2.98. The van der Waals surface area contributed by atoms with Gasteiger partial charge in [0.2, 0.25) is 5.91 Å². The number of hydrogen-bond donors (Lipinski definition) is 2. The summed E-state index contributed by atoms with van der Waals surface area (Å²) in [5.74, 6) is 0.549. The van der Waals surface area contributed by atoms with Crippen LogP contribution in [0.3, 0.4) is 0 Å². The molecule has 7 heteroatoms. The van der Waals surface area contributed by atoms with Gasteiger partial charge < -0.3 is 20.3 Å². The molecule has 1 fully saturated rings. The second-order valence-corrected chi connectivity index (χ2v) is 6.03. The molecule has 0 atom stereocenters. The molecule has 2 aromatic rings. The lowest BCUT2D eigenvalue weighted by atomic mass is 10.1. The van der Waals surface area contributed by atoms with E-state index in [4.69, 9.17) is 4.74 Å². The van der Waals surface area contributed by atoms with Gasteiger partial charge in [-0.05, 0) is 37.1 Å². The summed E-state index contributed by atoms with van der Waals surface area (Å²) in [6.07, 6.45) is 2.26. The van der Waals surface area contributed by atoms with Crippen molar-refractivity contribution in [2.75, 3.05) is 42.3 Å². The SMILES string of the molecule is COc1ccc(NC(=O)CCNc2c(N3CCCC3)c(=O)c2=O)cc1. The van der Waals surface area contributed by atoms with Crippen LogP contribution in [0.4, 0.5) is 17.1 Å². The van der Waals surface area contributed by atoms with Crippen LogP contribution < -0.4 is 31.1 Å². The number of nitrogens with zero attached hydrogens (tertiary/aromatic N) is 1. The van der Waals surface area contributed by atoms with Gasteiger partial charge in [-0.25, -0.2) is 0 Å². The first-order valence-corrected chi connectivity index (χ1v) is 8.36. The molecular formula is C18H21N3O4. The third kappa shape index (κ3) is 3.65. The number of anilines is 3. The second kappa shape index (κ2) is 7.38. The summed E-state index contributed by atoms with van der Waals surface area (Å²) in [5.41, 5.74) is 0.601. The summed E-state index contributed by atoms with van der Waals surface area (Å²) in [6.45, 7) is 1.91. The van der Waals surface area contributed by atoms with Crippen LogP contribution in [-0.4, -0.2) is 32.7 Å². The zero-order chi connectivity index (χ0) is 17.8. The van der Waals surface area contributed by atoms with Crippen LogP contribution in [0.25, 0.3) is 0 Å². The Morgan fingerprint density at radius 3 is 2.44 bits per heavy atom. The van der Waals surface area contributed by atoms with E-state index in [-0.39, 0.29) is 12.3 Å². The molecule has 0 aromatic heterocycles. The quantitative estimate of drug-likeness (QED) is 0.738. The van der Waals surface area contributed by atoms with E-state index in [1.165, 1.54) is 0 Å². The van der Waals surface area contributed by atoms with E-state index in [1.807, 2.05) is 4.90 Å². The molecule has 0 bridgehead atoms. The van der Waals surface area contributed by atoms with Gasteiger partial charge >= 0.3 is 0 Å². The van der Waals surface area contributed by atoms with Crippen LogP contribution in [0.2, 0.25) is 0 Å². The highest BCUT2D eigenvalue weighted by Gasteiger charge is 2.27. The van der Waals surface area contributed by atoms with Crippen LogP contribution in [0.1, 0.15) is 19.3 Å². The molecule has 7 nitrogen and oxygen atoms in total. The predicted molar refractivity (Wildman–Crippen MR) is 97.5 cm³/mol. The van der Waals surface area contributed by atoms with Crippen molar-refractivity contribution in [1.82, 2.24) is 0 Å². The van der Waals surface area contributed by atoms with Gasteiger partial charge in [0, 0.05) is 31.7 Å². The molecule has 0 radical (unpaired) electrons. The number of benzene rings is 1. The summed E-state index contributed by atoms with van der Waals surface area (Å²) < 4.78 is 5.06. The van der Waals surface area contributed by atoms with E-state index < -0.39 is 10.9 Å². The monoisotopic (exact) mass is 343 g/mol. The summed E-state index contributed by atoms with van der Waals surface area (Å²) in [6, 6.07) is 7.04. The van der Waals surface area contributed by atoms with Gasteiger partial charge in [-0.2, -0.15) is 0 Å². The molecule has 1 amide bonds.